The van der Waals surface area contributed by atoms with Crippen LogP contribution in [0.1, 0.15) is 4.88 Å². The Balaban J connectivity index is 1.68. The minimum absolute atomic E-state index is 0.541. The predicted molar refractivity (Wildman–Crippen MR) is 71.4 cm³/mol. The first kappa shape index (κ1) is 11.0. The molecular formula is C13H11N3OS. The molecular weight excluding hydrogens is 246 g/mol. The van der Waals surface area contributed by atoms with E-state index in [1.165, 1.54) is 11.3 Å². The maximum Gasteiger partial charge on any atom is 0.247 e. The Morgan fingerprint density at radius 1 is 1.17 bits per heavy atom. The molecule has 0 bridgehead atoms. The molecule has 0 atom stereocenters. The lowest BCUT2D eigenvalue weighted by Crippen LogP contribution is -1.96. The maximum atomic E-state index is 5.14. The second-order valence-corrected chi connectivity index (χ2v) is 4.79. The molecule has 0 aliphatic heterocycles. The quantitative estimate of drug-likeness (QED) is 0.778. The molecule has 4 nitrogen and oxygen atoms in total. The molecule has 0 unspecified atom stereocenters. The second kappa shape index (κ2) is 5.01. The lowest BCUT2D eigenvalue weighted by Gasteiger charge is -2.04. The molecule has 0 fully saturated rings. The summed E-state index contributed by atoms with van der Waals surface area (Å²) in [6.07, 6.45) is 1.33. The Labute approximate surface area is 108 Å². The molecule has 0 saturated carbocycles. The SMILES string of the molecule is c1csc(CNc2ccc(-c3nnco3)cc2)c1. The van der Waals surface area contributed by atoms with Gasteiger partial charge in [-0.15, -0.1) is 21.5 Å². The Morgan fingerprint density at radius 2 is 2.06 bits per heavy atom. The molecule has 0 amide bonds. The lowest BCUT2D eigenvalue weighted by atomic mass is 10.2. The molecule has 2 heterocycles. The number of benzene rings is 1. The summed E-state index contributed by atoms with van der Waals surface area (Å²) in [5.74, 6) is 0.541. The van der Waals surface area contributed by atoms with Crippen LogP contribution in [0.5, 0.6) is 0 Å². The van der Waals surface area contributed by atoms with Crippen molar-refractivity contribution >= 4 is 17.0 Å². The molecule has 0 spiro atoms. The highest BCUT2D eigenvalue weighted by atomic mass is 32.1. The van der Waals surface area contributed by atoms with E-state index in [4.69, 9.17) is 4.42 Å². The van der Waals surface area contributed by atoms with E-state index in [2.05, 4.69) is 33.0 Å². The minimum atomic E-state index is 0.541. The zero-order valence-electron chi connectivity index (χ0n) is 9.54. The summed E-state index contributed by atoms with van der Waals surface area (Å²) in [6.45, 7) is 0.845. The standard InChI is InChI=1S/C13H11N3OS/c1-2-12(18-7-1)8-14-11-5-3-10(4-6-11)13-16-15-9-17-13/h1-7,9,14H,8H2. The molecule has 1 N–H and O–H groups in total. The van der Waals surface area contributed by atoms with Crippen LogP contribution in [-0.4, -0.2) is 10.2 Å². The van der Waals surface area contributed by atoms with Crippen LogP contribution in [0, 0.1) is 0 Å². The topological polar surface area (TPSA) is 51.0 Å². The van der Waals surface area contributed by atoms with Gasteiger partial charge in [0.05, 0.1) is 0 Å². The second-order valence-electron chi connectivity index (χ2n) is 3.75. The minimum Gasteiger partial charge on any atom is -0.423 e. The van der Waals surface area contributed by atoms with E-state index >= 15 is 0 Å². The zero-order valence-corrected chi connectivity index (χ0v) is 10.4. The largest absolute Gasteiger partial charge is 0.423 e. The summed E-state index contributed by atoms with van der Waals surface area (Å²) in [5.41, 5.74) is 2.00. The summed E-state index contributed by atoms with van der Waals surface area (Å²) in [6, 6.07) is 12.1. The van der Waals surface area contributed by atoms with Crippen LogP contribution >= 0.6 is 11.3 Å². The molecule has 18 heavy (non-hydrogen) atoms. The van der Waals surface area contributed by atoms with Crippen molar-refractivity contribution in [3.63, 3.8) is 0 Å². The van der Waals surface area contributed by atoms with Crippen molar-refractivity contribution < 1.29 is 4.42 Å². The van der Waals surface area contributed by atoms with Crippen molar-refractivity contribution in [1.29, 1.82) is 0 Å². The van der Waals surface area contributed by atoms with Crippen molar-refractivity contribution in [2.45, 2.75) is 6.54 Å². The number of hydrogen-bond acceptors (Lipinski definition) is 5. The maximum absolute atomic E-state index is 5.14. The molecule has 0 saturated heterocycles. The van der Waals surface area contributed by atoms with Crippen LogP contribution in [-0.2, 0) is 6.54 Å². The molecule has 0 aliphatic carbocycles. The zero-order chi connectivity index (χ0) is 12.2. The Kier molecular flexibility index (Phi) is 3.06. The van der Waals surface area contributed by atoms with Crippen molar-refractivity contribution in [3.05, 3.63) is 53.0 Å². The van der Waals surface area contributed by atoms with Gasteiger partial charge in [-0.05, 0) is 35.7 Å². The van der Waals surface area contributed by atoms with Crippen LogP contribution in [0.4, 0.5) is 5.69 Å². The van der Waals surface area contributed by atoms with Crippen LogP contribution in [0.2, 0.25) is 0 Å². The fraction of sp³-hybridized carbons (Fsp3) is 0.0769. The van der Waals surface area contributed by atoms with Gasteiger partial charge < -0.3 is 9.73 Å². The highest BCUT2D eigenvalue weighted by Gasteiger charge is 2.02. The first-order chi connectivity index (χ1) is 8.92. The summed E-state index contributed by atoms with van der Waals surface area (Å²) in [4.78, 5) is 1.32. The van der Waals surface area contributed by atoms with Gasteiger partial charge in [0, 0.05) is 22.7 Å². The van der Waals surface area contributed by atoms with Crippen LogP contribution < -0.4 is 5.32 Å². The third-order valence-corrected chi connectivity index (χ3v) is 3.42. The van der Waals surface area contributed by atoms with E-state index in [-0.39, 0.29) is 0 Å². The van der Waals surface area contributed by atoms with Gasteiger partial charge in [-0.1, -0.05) is 6.07 Å². The number of rotatable bonds is 4. The molecule has 5 heteroatoms. The Morgan fingerprint density at radius 3 is 2.72 bits per heavy atom. The number of anilines is 1. The fourth-order valence-corrected chi connectivity index (χ4v) is 2.28. The molecule has 1 aromatic carbocycles. The molecule has 3 aromatic rings. The highest BCUT2D eigenvalue weighted by molar-refractivity contribution is 7.09. The van der Waals surface area contributed by atoms with Gasteiger partial charge in [-0.3, -0.25) is 0 Å². The Hall–Kier alpha value is -2.14. The average Bonchev–Trinajstić information content (AvgIpc) is 3.10. The normalized spacial score (nSPS) is 10.4. The number of hydrogen-bond donors (Lipinski definition) is 1. The summed E-state index contributed by atoms with van der Waals surface area (Å²) < 4.78 is 5.14. The van der Waals surface area contributed by atoms with Gasteiger partial charge in [0.2, 0.25) is 12.3 Å². The first-order valence-electron chi connectivity index (χ1n) is 5.55. The number of aromatic nitrogens is 2. The van der Waals surface area contributed by atoms with E-state index in [0.717, 1.165) is 17.8 Å². The predicted octanol–water partition coefficient (Wildman–Crippen LogP) is 3.41. The van der Waals surface area contributed by atoms with Crippen molar-refractivity contribution in [2.24, 2.45) is 0 Å². The van der Waals surface area contributed by atoms with Crippen LogP contribution in [0.25, 0.3) is 11.5 Å². The molecule has 2 aromatic heterocycles. The molecule has 3 rings (SSSR count). The number of nitrogens with one attached hydrogen (secondary N) is 1. The van der Waals surface area contributed by atoms with Gasteiger partial charge in [0.25, 0.3) is 0 Å². The summed E-state index contributed by atoms with van der Waals surface area (Å²) >= 11 is 1.75. The van der Waals surface area contributed by atoms with Crippen LogP contribution in [0.3, 0.4) is 0 Å². The molecule has 0 radical (unpaired) electrons. The monoisotopic (exact) mass is 257 g/mol. The third-order valence-electron chi connectivity index (χ3n) is 2.54. The summed E-state index contributed by atoms with van der Waals surface area (Å²) in [7, 11) is 0. The molecule has 90 valence electrons. The lowest BCUT2D eigenvalue weighted by molar-refractivity contribution is 0.568. The fourth-order valence-electron chi connectivity index (χ4n) is 1.63. The smallest absolute Gasteiger partial charge is 0.247 e. The van der Waals surface area contributed by atoms with Crippen LogP contribution in [0.15, 0.2) is 52.6 Å². The van der Waals surface area contributed by atoms with Gasteiger partial charge in [0.15, 0.2) is 0 Å². The van der Waals surface area contributed by atoms with E-state index in [1.54, 1.807) is 11.3 Å². The van der Waals surface area contributed by atoms with E-state index in [0.29, 0.717) is 5.89 Å². The highest BCUT2D eigenvalue weighted by Crippen LogP contribution is 2.19. The van der Waals surface area contributed by atoms with Gasteiger partial charge in [0.1, 0.15) is 0 Å². The Bertz CT molecular complexity index is 588. The average molecular weight is 257 g/mol. The van der Waals surface area contributed by atoms with Gasteiger partial charge in [-0.2, -0.15) is 0 Å². The van der Waals surface area contributed by atoms with Gasteiger partial charge in [-0.25, -0.2) is 0 Å². The van der Waals surface area contributed by atoms with E-state index in [9.17, 15) is 0 Å². The van der Waals surface area contributed by atoms with Crippen molar-refractivity contribution in [3.8, 4) is 11.5 Å². The first-order valence-corrected chi connectivity index (χ1v) is 6.42. The number of thiophene rings is 1. The third kappa shape index (κ3) is 2.41. The van der Waals surface area contributed by atoms with E-state index < -0.39 is 0 Å². The van der Waals surface area contributed by atoms with Gasteiger partial charge >= 0.3 is 0 Å². The van der Waals surface area contributed by atoms with Crippen molar-refractivity contribution in [2.75, 3.05) is 5.32 Å². The molecule has 0 aliphatic rings. The van der Waals surface area contributed by atoms with E-state index in [1.807, 2.05) is 24.3 Å². The number of nitrogens with zero attached hydrogens (tertiary/aromatic N) is 2. The van der Waals surface area contributed by atoms with Crippen molar-refractivity contribution in [1.82, 2.24) is 10.2 Å². The summed E-state index contributed by atoms with van der Waals surface area (Å²) in [5, 5.41) is 13.0.